The molecule has 0 radical (unpaired) electrons. The number of carbonyl (C=O) groups excluding carboxylic acids is 1. The zero-order valence-electron chi connectivity index (χ0n) is 16.8. The molecule has 7 heteroatoms. The van der Waals surface area contributed by atoms with Crippen LogP contribution in [0.1, 0.15) is 28.7 Å². The lowest BCUT2D eigenvalue weighted by Gasteiger charge is -2.15. The lowest BCUT2D eigenvalue weighted by atomic mass is 10.00. The summed E-state index contributed by atoms with van der Waals surface area (Å²) >= 11 is 0. The van der Waals surface area contributed by atoms with Gasteiger partial charge in [-0.15, -0.1) is 0 Å². The van der Waals surface area contributed by atoms with Gasteiger partial charge in [0, 0.05) is 29.4 Å². The van der Waals surface area contributed by atoms with Crippen LogP contribution in [0.25, 0.3) is 11.0 Å². The highest BCUT2D eigenvalue weighted by Gasteiger charge is 2.21. The van der Waals surface area contributed by atoms with E-state index in [9.17, 15) is 24.6 Å². The molecule has 0 spiro atoms. The number of carbonyl (C=O) groups is 2. The van der Waals surface area contributed by atoms with Crippen LogP contribution in [0.5, 0.6) is 5.75 Å². The smallest absolute Gasteiger partial charge is 0.339 e. The van der Waals surface area contributed by atoms with Crippen LogP contribution >= 0.6 is 0 Å². The van der Waals surface area contributed by atoms with Gasteiger partial charge in [-0.3, -0.25) is 4.79 Å². The fourth-order valence-electron chi connectivity index (χ4n) is 3.42. The van der Waals surface area contributed by atoms with Crippen molar-refractivity contribution in [3.8, 4) is 5.75 Å². The molecule has 3 N–H and O–H groups in total. The number of hydrogen-bond acceptors (Lipinski definition) is 5. The number of aromatic hydroxyl groups is 1. The standard InChI is InChI=1S/C23H23NO6/c1-13-16-8-10-19(25)14(2)21(16)30-23(29)17(13)9-11-20(26)24-18(22(27)28)12-15-6-4-3-5-7-15/h3-8,10,18,25H,9,11-12H2,1-2H3,(H,24,26)(H,27,28)/t18-/m0/s1. The minimum atomic E-state index is -1.12. The van der Waals surface area contributed by atoms with Crippen molar-refractivity contribution in [1.82, 2.24) is 5.32 Å². The van der Waals surface area contributed by atoms with Crippen LogP contribution in [0, 0.1) is 13.8 Å². The summed E-state index contributed by atoms with van der Waals surface area (Å²) < 4.78 is 5.37. The van der Waals surface area contributed by atoms with Crippen molar-refractivity contribution >= 4 is 22.8 Å². The third-order valence-electron chi connectivity index (χ3n) is 5.19. The van der Waals surface area contributed by atoms with Gasteiger partial charge in [0.05, 0.1) is 0 Å². The summed E-state index contributed by atoms with van der Waals surface area (Å²) in [5.41, 5.74) is 2.06. The normalized spacial score (nSPS) is 11.9. The number of hydrogen-bond donors (Lipinski definition) is 3. The van der Waals surface area contributed by atoms with Gasteiger partial charge in [0.15, 0.2) is 0 Å². The van der Waals surface area contributed by atoms with Crippen LogP contribution in [0.3, 0.4) is 0 Å². The van der Waals surface area contributed by atoms with Crippen LogP contribution in [0.2, 0.25) is 0 Å². The monoisotopic (exact) mass is 409 g/mol. The molecule has 0 aliphatic rings. The largest absolute Gasteiger partial charge is 0.508 e. The Morgan fingerprint density at radius 2 is 1.77 bits per heavy atom. The summed E-state index contributed by atoms with van der Waals surface area (Å²) in [5.74, 6) is -1.54. The van der Waals surface area contributed by atoms with Crippen LogP contribution < -0.4 is 10.9 Å². The van der Waals surface area contributed by atoms with E-state index in [-0.39, 0.29) is 25.0 Å². The molecule has 1 amide bonds. The second-order valence-corrected chi connectivity index (χ2v) is 7.23. The quantitative estimate of drug-likeness (QED) is 0.517. The number of aliphatic carboxylic acids is 1. The van der Waals surface area contributed by atoms with Gasteiger partial charge in [-0.05, 0) is 43.5 Å². The number of phenols is 1. The van der Waals surface area contributed by atoms with Crippen molar-refractivity contribution in [2.75, 3.05) is 0 Å². The lowest BCUT2D eigenvalue weighted by Crippen LogP contribution is -2.42. The Balaban J connectivity index is 1.73. The molecule has 1 aromatic heterocycles. The second-order valence-electron chi connectivity index (χ2n) is 7.23. The van der Waals surface area contributed by atoms with E-state index >= 15 is 0 Å². The van der Waals surface area contributed by atoms with E-state index in [1.165, 1.54) is 6.07 Å². The van der Waals surface area contributed by atoms with E-state index in [4.69, 9.17) is 4.42 Å². The van der Waals surface area contributed by atoms with E-state index in [1.54, 1.807) is 44.2 Å². The lowest BCUT2D eigenvalue weighted by molar-refractivity contribution is -0.141. The molecular weight excluding hydrogens is 386 g/mol. The molecule has 7 nitrogen and oxygen atoms in total. The third kappa shape index (κ3) is 4.51. The highest BCUT2D eigenvalue weighted by molar-refractivity contribution is 5.86. The van der Waals surface area contributed by atoms with Crippen LogP contribution in [-0.4, -0.2) is 28.1 Å². The molecule has 0 bridgehead atoms. The number of benzene rings is 2. The molecule has 0 unspecified atom stereocenters. The van der Waals surface area contributed by atoms with Gasteiger partial charge in [0.25, 0.3) is 0 Å². The summed E-state index contributed by atoms with van der Waals surface area (Å²) in [5, 5.41) is 22.5. The van der Waals surface area contributed by atoms with Crippen molar-refractivity contribution in [2.45, 2.75) is 39.2 Å². The molecule has 0 aliphatic carbocycles. The van der Waals surface area contributed by atoms with Gasteiger partial charge in [-0.1, -0.05) is 30.3 Å². The average Bonchev–Trinajstić information content (AvgIpc) is 2.71. The molecular formula is C23H23NO6. The minimum absolute atomic E-state index is 0.0373. The van der Waals surface area contributed by atoms with Crippen LogP contribution in [-0.2, 0) is 22.4 Å². The Hall–Kier alpha value is -3.61. The average molecular weight is 409 g/mol. The number of carboxylic acids is 1. The Labute approximate surface area is 173 Å². The van der Waals surface area contributed by atoms with Crippen LogP contribution in [0.4, 0.5) is 0 Å². The molecule has 0 saturated heterocycles. The van der Waals surface area contributed by atoms with E-state index < -0.39 is 23.5 Å². The number of aryl methyl sites for hydroxylation is 2. The number of rotatable bonds is 7. The predicted molar refractivity (Wildman–Crippen MR) is 112 cm³/mol. The molecule has 30 heavy (non-hydrogen) atoms. The van der Waals surface area contributed by atoms with E-state index in [1.807, 2.05) is 6.07 Å². The maximum absolute atomic E-state index is 12.4. The van der Waals surface area contributed by atoms with Crippen molar-refractivity contribution in [1.29, 1.82) is 0 Å². The van der Waals surface area contributed by atoms with E-state index in [0.29, 0.717) is 27.7 Å². The summed E-state index contributed by atoms with van der Waals surface area (Å²) in [7, 11) is 0. The highest BCUT2D eigenvalue weighted by Crippen LogP contribution is 2.28. The Morgan fingerprint density at radius 1 is 1.07 bits per heavy atom. The third-order valence-corrected chi connectivity index (χ3v) is 5.19. The van der Waals surface area contributed by atoms with Crippen LogP contribution in [0.15, 0.2) is 51.7 Å². The van der Waals surface area contributed by atoms with Crippen molar-refractivity contribution < 1.29 is 24.2 Å². The van der Waals surface area contributed by atoms with Gasteiger partial charge in [-0.2, -0.15) is 0 Å². The first-order chi connectivity index (χ1) is 14.3. The number of nitrogens with one attached hydrogen (secondary N) is 1. The molecule has 3 rings (SSSR count). The first kappa shape index (κ1) is 21.1. The van der Waals surface area contributed by atoms with Crippen molar-refractivity contribution in [2.24, 2.45) is 0 Å². The van der Waals surface area contributed by atoms with Gasteiger partial charge < -0.3 is 19.9 Å². The fourth-order valence-corrected chi connectivity index (χ4v) is 3.42. The zero-order chi connectivity index (χ0) is 21.8. The summed E-state index contributed by atoms with van der Waals surface area (Å²) in [6, 6.07) is 11.2. The maximum Gasteiger partial charge on any atom is 0.339 e. The summed E-state index contributed by atoms with van der Waals surface area (Å²) in [6.45, 7) is 3.42. The number of carboxylic acid groups (broad SMARTS) is 1. The maximum atomic E-state index is 12.4. The number of amides is 1. The molecule has 0 fully saturated rings. The van der Waals surface area contributed by atoms with Gasteiger partial charge in [0.2, 0.25) is 5.91 Å². The van der Waals surface area contributed by atoms with E-state index in [0.717, 1.165) is 5.56 Å². The first-order valence-electron chi connectivity index (χ1n) is 9.59. The first-order valence-corrected chi connectivity index (χ1v) is 9.59. The molecule has 0 saturated carbocycles. The summed E-state index contributed by atoms with van der Waals surface area (Å²) in [6.07, 6.45) is 0.238. The zero-order valence-corrected chi connectivity index (χ0v) is 16.8. The van der Waals surface area contributed by atoms with Gasteiger partial charge >= 0.3 is 11.6 Å². The number of phenolic OH excluding ortho intramolecular Hbond substituents is 1. The van der Waals surface area contributed by atoms with Gasteiger partial charge in [-0.25, -0.2) is 9.59 Å². The highest BCUT2D eigenvalue weighted by atomic mass is 16.4. The Kier molecular flexibility index (Phi) is 6.20. The fraction of sp³-hybridized carbons (Fsp3) is 0.261. The molecule has 2 aromatic carbocycles. The second kappa shape index (κ2) is 8.82. The topological polar surface area (TPSA) is 117 Å². The van der Waals surface area contributed by atoms with Crippen molar-refractivity contribution in [3.63, 3.8) is 0 Å². The van der Waals surface area contributed by atoms with Gasteiger partial charge in [0.1, 0.15) is 17.4 Å². The Morgan fingerprint density at radius 3 is 2.43 bits per heavy atom. The predicted octanol–water partition coefficient (Wildman–Crippen LogP) is 2.86. The summed E-state index contributed by atoms with van der Waals surface area (Å²) in [4.78, 5) is 36.3. The Bertz CT molecular complexity index is 1150. The SMILES string of the molecule is Cc1c(CCC(=O)N[C@@H](Cc2ccccc2)C(=O)O)c(=O)oc2c(C)c(O)ccc12. The molecule has 156 valence electrons. The minimum Gasteiger partial charge on any atom is -0.508 e. The van der Waals surface area contributed by atoms with Crippen molar-refractivity contribution in [3.05, 3.63) is 75.1 Å². The molecule has 1 heterocycles. The van der Waals surface area contributed by atoms with E-state index in [2.05, 4.69) is 5.32 Å². The molecule has 0 aliphatic heterocycles. The molecule has 1 atom stereocenters. The number of fused-ring (bicyclic) bond motifs is 1. The molecule has 3 aromatic rings.